The number of aliphatic hydroxyl groups excluding tert-OH is 4. The Balaban J connectivity index is -0.000000106. The van der Waals surface area contributed by atoms with Crippen molar-refractivity contribution in [1.29, 1.82) is 0 Å². The van der Waals surface area contributed by atoms with Crippen LogP contribution in [0.1, 0.15) is 96.9 Å². The third kappa shape index (κ3) is 48.4. The van der Waals surface area contributed by atoms with E-state index in [1.165, 1.54) is 0 Å². The van der Waals surface area contributed by atoms with Crippen molar-refractivity contribution in [2.45, 2.75) is 109 Å². The number of aliphatic hydroxyl groups is 4. The molecule has 0 unspecified atom stereocenters. The topological polar surface area (TPSA) is 80.9 Å². The summed E-state index contributed by atoms with van der Waals surface area (Å²) in [6, 6.07) is 0. The average molecular weight is 479 g/mol. The largest absolute Gasteiger partial charge is 2.00 e. The van der Waals surface area contributed by atoms with Crippen LogP contribution < -0.4 is 0 Å². The number of allylic oxidation sites excluding steroid dienone is 4. The Bertz CT molecular complexity index is 426. The van der Waals surface area contributed by atoms with Crippen LogP contribution in [0.25, 0.3) is 0 Å². The summed E-state index contributed by atoms with van der Waals surface area (Å²) >= 11 is 0. The van der Waals surface area contributed by atoms with Crippen molar-refractivity contribution in [3.05, 3.63) is 37.5 Å². The molecule has 0 aromatic rings. The van der Waals surface area contributed by atoms with Crippen molar-refractivity contribution in [3.63, 3.8) is 0 Å². The fraction of sp³-hybridized carbons (Fsp3) is 0.769. The van der Waals surface area contributed by atoms with Gasteiger partial charge in [-0.05, 0) is 50.7 Å². The zero-order valence-electron chi connectivity index (χ0n) is 23.0. The first kappa shape index (κ1) is 41.0. The van der Waals surface area contributed by atoms with E-state index in [1.807, 2.05) is 39.8 Å². The molecule has 0 aromatic heterocycles. The molecule has 0 bridgehead atoms. The molecule has 0 aliphatic carbocycles. The molecule has 0 amide bonds. The molecule has 0 rings (SSSR count). The summed E-state index contributed by atoms with van der Waals surface area (Å²) in [4.78, 5) is 0. The molecular weight excluding hydrogens is 424 g/mol. The zero-order chi connectivity index (χ0) is 25.7. The molecule has 0 radical (unpaired) electrons. The molecule has 0 heterocycles. The van der Waals surface area contributed by atoms with E-state index in [1.54, 1.807) is 27.7 Å². The van der Waals surface area contributed by atoms with Gasteiger partial charge in [0.2, 0.25) is 0 Å². The molecule has 4 nitrogen and oxygen atoms in total. The summed E-state index contributed by atoms with van der Waals surface area (Å²) in [7, 11) is 0. The zero-order valence-corrected chi connectivity index (χ0v) is 24.6. The minimum absolute atomic E-state index is 0. The molecule has 0 aliphatic heterocycles. The molecule has 0 fully saturated rings. The van der Waals surface area contributed by atoms with Crippen molar-refractivity contribution in [2.24, 2.45) is 21.7 Å². The standard InChI is InChI=1S/2C10H19O.2C3H8O.Ti/c2*1-9(2,3)7-8(11)10(4,5)6;2*1-3(2)4;/h2*7,11H,4H2,1-3,5-6H3;2*3-4H,1-2H3;/q2*-1;;;+2. The van der Waals surface area contributed by atoms with E-state index in [9.17, 15) is 10.2 Å². The summed E-state index contributed by atoms with van der Waals surface area (Å²) in [5, 5.41) is 35.2. The summed E-state index contributed by atoms with van der Waals surface area (Å²) in [6.45, 7) is 34.4. The molecule has 5 heteroatoms. The second-order valence-corrected chi connectivity index (χ2v) is 11.7. The van der Waals surface area contributed by atoms with Crippen LogP contribution in [-0.4, -0.2) is 32.6 Å². The van der Waals surface area contributed by atoms with Crippen LogP contribution in [0.15, 0.2) is 23.7 Å². The molecule has 0 aliphatic rings. The minimum atomic E-state index is -0.368. The monoisotopic (exact) mass is 478 g/mol. The van der Waals surface area contributed by atoms with Gasteiger partial charge in [-0.3, -0.25) is 0 Å². The van der Waals surface area contributed by atoms with Crippen LogP contribution in [0.5, 0.6) is 0 Å². The minimum Gasteiger partial charge on any atom is -0.515 e. The second-order valence-electron chi connectivity index (χ2n) is 11.7. The quantitative estimate of drug-likeness (QED) is 0.189. The van der Waals surface area contributed by atoms with E-state index in [0.717, 1.165) is 0 Å². The normalized spacial score (nSPS) is 13.2. The van der Waals surface area contributed by atoms with Crippen molar-refractivity contribution in [2.75, 3.05) is 0 Å². The van der Waals surface area contributed by atoms with Gasteiger partial charge in [-0.1, -0.05) is 69.2 Å². The first-order valence-corrected chi connectivity index (χ1v) is 10.6. The van der Waals surface area contributed by atoms with E-state index < -0.39 is 0 Å². The van der Waals surface area contributed by atoms with Gasteiger partial charge in [-0.25, -0.2) is 0 Å². The van der Waals surface area contributed by atoms with Crippen LogP contribution in [0, 0.1) is 35.5 Å². The number of rotatable bonds is 2. The smallest absolute Gasteiger partial charge is 0.515 e. The number of hydrogen-bond donors (Lipinski definition) is 4. The van der Waals surface area contributed by atoms with Crippen LogP contribution in [0.2, 0.25) is 0 Å². The van der Waals surface area contributed by atoms with Gasteiger partial charge in [0.25, 0.3) is 0 Å². The fourth-order valence-electron chi connectivity index (χ4n) is 1.21. The van der Waals surface area contributed by atoms with E-state index in [4.69, 9.17) is 10.2 Å². The van der Waals surface area contributed by atoms with Gasteiger partial charge >= 0.3 is 21.7 Å². The van der Waals surface area contributed by atoms with Crippen molar-refractivity contribution < 1.29 is 42.1 Å². The van der Waals surface area contributed by atoms with Gasteiger partial charge in [0.1, 0.15) is 0 Å². The van der Waals surface area contributed by atoms with Gasteiger partial charge in [0.05, 0.1) is 11.5 Å². The van der Waals surface area contributed by atoms with Gasteiger partial charge in [-0.2, -0.15) is 0 Å². The van der Waals surface area contributed by atoms with Crippen LogP contribution in [0.3, 0.4) is 0 Å². The van der Waals surface area contributed by atoms with Gasteiger partial charge in [-0.15, -0.1) is 10.8 Å². The Labute approximate surface area is 210 Å². The molecular formula is C26H54O4Ti. The fourth-order valence-corrected chi connectivity index (χ4v) is 1.21. The summed E-state index contributed by atoms with van der Waals surface area (Å²) in [6.07, 6.45) is 3.36. The SMILES string of the molecule is CC(C)O.CC(C)O.[CH2-]C(C)(C)C(O)=CC(C)(C)C.[CH2-]C(C)(C)C(O)=CC(C)(C)C.[Ti+2]. The van der Waals surface area contributed by atoms with Crippen LogP contribution in [0.4, 0.5) is 0 Å². The molecule has 186 valence electrons. The molecule has 0 aromatic carbocycles. The first-order valence-electron chi connectivity index (χ1n) is 10.6. The Morgan fingerprint density at radius 3 is 0.742 bits per heavy atom. The third-order valence-corrected chi connectivity index (χ3v) is 2.53. The molecule has 31 heavy (non-hydrogen) atoms. The van der Waals surface area contributed by atoms with E-state index >= 15 is 0 Å². The molecule has 0 saturated carbocycles. The van der Waals surface area contributed by atoms with Gasteiger partial charge < -0.3 is 34.3 Å². The van der Waals surface area contributed by atoms with Crippen molar-refractivity contribution in [3.8, 4) is 0 Å². The maximum Gasteiger partial charge on any atom is 2.00 e. The van der Waals surface area contributed by atoms with Crippen LogP contribution >= 0.6 is 0 Å². The Morgan fingerprint density at radius 1 is 0.581 bits per heavy atom. The van der Waals surface area contributed by atoms with E-state index in [0.29, 0.717) is 11.5 Å². The maximum absolute atomic E-state index is 9.52. The van der Waals surface area contributed by atoms with E-state index in [2.05, 4.69) is 55.4 Å². The summed E-state index contributed by atoms with van der Waals surface area (Å²) in [5.41, 5.74) is -0.682. The summed E-state index contributed by atoms with van der Waals surface area (Å²) in [5.74, 6) is 0.731. The number of hydrogen-bond acceptors (Lipinski definition) is 4. The van der Waals surface area contributed by atoms with Crippen molar-refractivity contribution >= 4 is 0 Å². The Hall–Kier alpha value is -0.286. The van der Waals surface area contributed by atoms with Gasteiger partial charge in [0, 0.05) is 12.2 Å². The van der Waals surface area contributed by atoms with Crippen LogP contribution in [-0.2, 0) is 21.7 Å². The molecule has 4 N–H and O–H groups in total. The Kier molecular flexibility index (Phi) is 22.8. The molecule has 0 spiro atoms. The first-order chi connectivity index (χ1) is 12.7. The third-order valence-electron chi connectivity index (χ3n) is 2.53. The summed E-state index contributed by atoms with van der Waals surface area (Å²) < 4.78 is 0. The maximum atomic E-state index is 9.52. The van der Waals surface area contributed by atoms with Crippen molar-refractivity contribution in [1.82, 2.24) is 0 Å². The Morgan fingerprint density at radius 2 is 0.710 bits per heavy atom. The average Bonchev–Trinajstić information content (AvgIpc) is 2.31. The van der Waals surface area contributed by atoms with E-state index in [-0.39, 0.29) is 55.6 Å². The molecule has 0 saturated heterocycles. The predicted molar refractivity (Wildman–Crippen MR) is 133 cm³/mol. The second kappa shape index (κ2) is 17.2. The molecule has 0 atom stereocenters. The predicted octanol–water partition coefficient (Wildman–Crippen LogP) is 7.44. The van der Waals surface area contributed by atoms with Gasteiger partial charge in [0.15, 0.2) is 0 Å².